The Morgan fingerprint density at radius 1 is 1.11 bits per heavy atom. The summed E-state index contributed by atoms with van der Waals surface area (Å²) in [7, 11) is 0. The van der Waals surface area contributed by atoms with Crippen LogP contribution in [-0.4, -0.2) is 59.4 Å². The van der Waals surface area contributed by atoms with Gasteiger partial charge < -0.3 is 15.0 Å². The van der Waals surface area contributed by atoms with Crippen LogP contribution in [0.5, 0.6) is 5.75 Å². The second-order valence-corrected chi connectivity index (χ2v) is 10.7. The molecular formula is C29H44ClN3O3. The van der Waals surface area contributed by atoms with Gasteiger partial charge in [-0.3, -0.25) is 14.5 Å². The molecule has 2 heterocycles. The SMILES string of the molecule is C=CCOc1ccc(CN2CCC3(CC2)C(=O)N[C@@H](CC2CCCCC2)C(=O)N3CCCC)cc1.Cl. The zero-order valence-electron chi connectivity index (χ0n) is 21.9. The summed E-state index contributed by atoms with van der Waals surface area (Å²) < 4.78 is 5.58. The lowest BCUT2D eigenvalue weighted by Crippen LogP contribution is -2.73. The minimum absolute atomic E-state index is 0. The van der Waals surface area contributed by atoms with E-state index < -0.39 is 5.54 Å². The van der Waals surface area contributed by atoms with Crippen molar-refractivity contribution >= 4 is 24.2 Å². The molecule has 0 unspecified atom stereocenters. The van der Waals surface area contributed by atoms with Crippen molar-refractivity contribution in [1.82, 2.24) is 15.1 Å². The summed E-state index contributed by atoms with van der Waals surface area (Å²) in [5.41, 5.74) is 0.542. The number of piperidine rings is 1. The largest absolute Gasteiger partial charge is 0.490 e. The first-order valence-electron chi connectivity index (χ1n) is 13.7. The second kappa shape index (κ2) is 13.5. The molecule has 1 N–H and O–H groups in total. The smallest absolute Gasteiger partial charge is 0.246 e. The first-order valence-corrected chi connectivity index (χ1v) is 13.7. The third-order valence-corrected chi connectivity index (χ3v) is 8.22. The highest BCUT2D eigenvalue weighted by molar-refractivity contribution is 6.00. The number of amides is 2. The standard InChI is InChI=1S/C29H43N3O3.ClH/c1-3-5-17-32-27(33)26(21-23-9-7-6-8-10-23)30-28(34)29(32)15-18-31(19-16-29)22-24-11-13-25(14-12-24)35-20-4-2;/h4,11-14,23,26H,2-3,5-10,15-22H2,1H3,(H,30,34);1H/t26-;/m0./s1. The molecule has 1 saturated carbocycles. The topological polar surface area (TPSA) is 61.9 Å². The molecular weight excluding hydrogens is 474 g/mol. The molecule has 1 spiro atoms. The van der Waals surface area contributed by atoms with Gasteiger partial charge >= 0.3 is 0 Å². The average Bonchev–Trinajstić information content (AvgIpc) is 2.89. The average molecular weight is 518 g/mol. The molecule has 2 amide bonds. The van der Waals surface area contributed by atoms with Crippen molar-refractivity contribution in [3.8, 4) is 5.75 Å². The first kappa shape index (κ1) is 28.5. The zero-order valence-corrected chi connectivity index (χ0v) is 22.7. The Hall–Kier alpha value is -2.05. The van der Waals surface area contributed by atoms with Gasteiger partial charge in [0, 0.05) is 26.2 Å². The molecule has 7 heteroatoms. The fourth-order valence-electron chi connectivity index (χ4n) is 6.11. The van der Waals surface area contributed by atoms with Gasteiger partial charge in [0.05, 0.1) is 0 Å². The second-order valence-electron chi connectivity index (χ2n) is 10.7. The van der Waals surface area contributed by atoms with Crippen molar-refractivity contribution in [2.45, 2.75) is 89.3 Å². The molecule has 0 radical (unpaired) electrons. The number of likely N-dealkylation sites (tertiary alicyclic amines) is 1. The van der Waals surface area contributed by atoms with E-state index in [4.69, 9.17) is 4.74 Å². The fraction of sp³-hybridized carbons (Fsp3) is 0.655. The number of carbonyl (C=O) groups excluding carboxylic acids is 2. The Labute approximate surface area is 223 Å². The van der Waals surface area contributed by atoms with Crippen LogP contribution < -0.4 is 10.1 Å². The van der Waals surface area contributed by atoms with Gasteiger partial charge in [0.2, 0.25) is 11.8 Å². The summed E-state index contributed by atoms with van der Waals surface area (Å²) in [6.07, 6.45) is 12.1. The van der Waals surface area contributed by atoms with E-state index in [0.717, 1.165) is 44.6 Å². The van der Waals surface area contributed by atoms with E-state index in [0.29, 0.717) is 31.9 Å². The van der Waals surface area contributed by atoms with Crippen LogP contribution in [0.2, 0.25) is 0 Å². The van der Waals surface area contributed by atoms with Crippen LogP contribution in [0.3, 0.4) is 0 Å². The molecule has 4 rings (SSSR count). The third kappa shape index (κ3) is 6.63. The number of ether oxygens (including phenoxy) is 1. The summed E-state index contributed by atoms with van der Waals surface area (Å²) in [6.45, 7) is 9.49. The number of nitrogens with one attached hydrogen (secondary N) is 1. The monoisotopic (exact) mass is 517 g/mol. The highest BCUT2D eigenvalue weighted by Crippen LogP contribution is 2.36. The summed E-state index contributed by atoms with van der Waals surface area (Å²) in [5.74, 6) is 1.65. The number of halogens is 1. The molecule has 36 heavy (non-hydrogen) atoms. The summed E-state index contributed by atoms with van der Waals surface area (Å²) in [5, 5.41) is 3.20. The van der Waals surface area contributed by atoms with E-state index in [1.54, 1.807) is 6.08 Å². The van der Waals surface area contributed by atoms with E-state index in [2.05, 4.69) is 35.9 Å². The van der Waals surface area contributed by atoms with Crippen molar-refractivity contribution in [1.29, 1.82) is 0 Å². The quantitative estimate of drug-likeness (QED) is 0.438. The molecule has 3 fully saturated rings. The lowest BCUT2D eigenvalue weighted by atomic mass is 9.79. The van der Waals surface area contributed by atoms with E-state index in [-0.39, 0.29) is 30.3 Å². The molecule has 6 nitrogen and oxygen atoms in total. The minimum atomic E-state index is -0.686. The van der Waals surface area contributed by atoms with Crippen LogP contribution in [0.15, 0.2) is 36.9 Å². The van der Waals surface area contributed by atoms with Crippen molar-refractivity contribution in [2.75, 3.05) is 26.2 Å². The first-order chi connectivity index (χ1) is 17.1. The van der Waals surface area contributed by atoms with Crippen molar-refractivity contribution in [3.63, 3.8) is 0 Å². The van der Waals surface area contributed by atoms with Crippen LogP contribution >= 0.6 is 12.4 Å². The number of hydrogen-bond donors (Lipinski definition) is 1. The number of nitrogens with zero attached hydrogens (tertiary/aromatic N) is 2. The molecule has 2 aliphatic heterocycles. The lowest BCUT2D eigenvalue weighted by molar-refractivity contribution is -0.162. The number of unbranched alkanes of at least 4 members (excludes halogenated alkanes) is 1. The number of benzene rings is 1. The normalized spacial score (nSPS) is 22.7. The van der Waals surface area contributed by atoms with E-state index in [1.165, 1.54) is 37.7 Å². The van der Waals surface area contributed by atoms with Crippen LogP contribution in [-0.2, 0) is 16.1 Å². The Morgan fingerprint density at radius 2 is 1.81 bits per heavy atom. The van der Waals surface area contributed by atoms with Crippen molar-refractivity contribution in [2.24, 2.45) is 5.92 Å². The maximum absolute atomic E-state index is 13.7. The Balaban J connectivity index is 0.00000361. The van der Waals surface area contributed by atoms with Crippen molar-refractivity contribution in [3.05, 3.63) is 42.5 Å². The number of hydrogen-bond acceptors (Lipinski definition) is 4. The van der Waals surface area contributed by atoms with Gasteiger partial charge in [-0.25, -0.2) is 0 Å². The maximum Gasteiger partial charge on any atom is 0.246 e. The Kier molecular flexibility index (Phi) is 10.7. The highest BCUT2D eigenvalue weighted by Gasteiger charge is 2.53. The number of carbonyl (C=O) groups is 2. The van der Waals surface area contributed by atoms with Gasteiger partial charge in [-0.15, -0.1) is 12.4 Å². The molecule has 1 aliphatic carbocycles. The van der Waals surface area contributed by atoms with Gasteiger partial charge in [-0.05, 0) is 49.3 Å². The third-order valence-electron chi connectivity index (χ3n) is 8.22. The zero-order chi connectivity index (χ0) is 24.7. The highest BCUT2D eigenvalue weighted by atomic mass is 35.5. The van der Waals surface area contributed by atoms with Gasteiger partial charge in [-0.1, -0.05) is 70.2 Å². The minimum Gasteiger partial charge on any atom is -0.490 e. The van der Waals surface area contributed by atoms with Gasteiger partial charge in [-0.2, -0.15) is 0 Å². The molecule has 1 atom stereocenters. The number of piperazine rings is 1. The van der Waals surface area contributed by atoms with Crippen LogP contribution in [0, 0.1) is 5.92 Å². The lowest BCUT2D eigenvalue weighted by Gasteiger charge is -2.52. The molecule has 2 saturated heterocycles. The summed E-state index contributed by atoms with van der Waals surface area (Å²) in [4.78, 5) is 31.7. The van der Waals surface area contributed by atoms with Crippen LogP contribution in [0.1, 0.15) is 76.7 Å². The maximum atomic E-state index is 13.7. The van der Waals surface area contributed by atoms with Gasteiger partial charge in [0.15, 0.2) is 0 Å². The van der Waals surface area contributed by atoms with Gasteiger partial charge in [0.25, 0.3) is 0 Å². The molecule has 1 aromatic rings. The summed E-state index contributed by atoms with van der Waals surface area (Å²) in [6, 6.07) is 7.85. The molecule has 0 aromatic heterocycles. The fourth-order valence-corrected chi connectivity index (χ4v) is 6.11. The molecule has 3 aliphatic rings. The van der Waals surface area contributed by atoms with Crippen molar-refractivity contribution < 1.29 is 14.3 Å². The summed E-state index contributed by atoms with van der Waals surface area (Å²) >= 11 is 0. The van der Waals surface area contributed by atoms with Gasteiger partial charge in [0.1, 0.15) is 23.9 Å². The predicted molar refractivity (Wildman–Crippen MR) is 146 cm³/mol. The van der Waals surface area contributed by atoms with Crippen LogP contribution in [0.4, 0.5) is 0 Å². The van der Waals surface area contributed by atoms with Crippen LogP contribution in [0.25, 0.3) is 0 Å². The molecule has 1 aromatic carbocycles. The Bertz CT molecular complexity index is 861. The van der Waals surface area contributed by atoms with E-state index in [1.807, 2.05) is 17.0 Å². The number of rotatable bonds is 10. The van der Waals surface area contributed by atoms with E-state index in [9.17, 15) is 9.59 Å². The Morgan fingerprint density at radius 3 is 2.44 bits per heavy atom. The molecule has 200 valence electrons. The predicted octanol–water partition coefficient (Wildman–Crippen LogP) is 5.11. The van der Waals surface area contributed by atoms with E-state index >= 15 is 0 Å². The molecule has 0 bridgehead atoms.